The van der Waals surface area contributed by atoms with Gasteiger partial charge in [0.2, 0.25) is 0 Å². The van der Waals surface area contributed by atoms with Crippen molar-refractivity contribution in [2.24, 2.45) is 0 Å². The maximum absolute atomic E-state index is 13.7. The topological polar surface area (TPSA) is 50.2 Å². The number of aryl methyl sites for hydroxylation is 2. The third kappa shape index (κ3) is 1.44. The molecule has 2 aromatic heterocycles. The van der Waals surface area contributed by atoms with Crippen LogP contribution in [-0.2, 0) is 6.42 Å². The zero-order chi connectivity index (χ0) is 12.9. The van der Waals surface area contributed by atoms with Crippen LogP contribution >= 0.6 is 0 Å². The molecule has 0 aliphatic carbocycles. The summed E-state index contributed by atoms with van der Waals surface area (Å²) < 4.78 is 15.0. The van der Waals surface area contributed by atoms with Gasteiger partial charge in [-0.15, -0.1) is 0 Å². The van der Waals surface area contributed by atoms with Crippen molar-refractivity contribution < 1.29 is 4.39 Å². The van der Waals surface area contributed by atoms with E-state index in [2.05, 4.69) is 10.1 Å². The quantitative estimate of drug-likeness (QED) is 0.714. The van der Waals surface area contributed by atoms with Crippen molar-refractivity contribution in [2.75, 3.05) is 0 Å². The van der Waals surface area contributed by atoms with Gasteiger partial charge in [0.15, 0.2) is 0 Å². The molecular formula is C13H12FN3O. The van der Waals surface area contributed by atoms with Gasteiger partial charge in [0.05, 0.1) is 16.7 Å². The number of nitrogens with one attached hydrogen (secondary N) is 1. The number of aromatic nitrogens is 3. The molecule has 0 fully saturated rings. The number of hydrogen-bond donors (Lipinski definition) is 1. The van der Waals surface area contributed by atoms with Gasteiger partial charge in [-0.2, -0.15) is 9.61 Å². The van der Waals surface area contributed by atoms with E-state index in [0.717, 1.165) is 11.1 Å². The first-order valence-electron chi connectivity index (χ1n) is 5.81. The van der Waals surface area contributed by atoms with Gasteiger partial charge in [-0.3, -0.25) is 0 Å². The van der Waals surface area contributed by atoms with Gasteiger partial charge in [0.25, 0.3) is 0 Å². The highest BCUT2D eigenvalue weighted by atomic mass is 19.1. The fraction of sp³-hybridized carbons (Fsp3) is 0.231. The molecule has 0 saturated heterocycles. The second-order valence-electron chi connectivity index (χ2n) is 4.36. The average molecular weight is 245 g/mol. The maximum atomic E-state index is 13.7. The van der Waals surface area contributed by atoms with Gasteiger partial charge in [-0.1, -0.05) is 6.92 Å². The lowest BCUT2D eigenvalue weighted by atomic mass is 10.1. The normalized spacial score (nSPS) is 11.5. The second-order valence-corrected chi connectivity index (χ2v) is 4.36. The van der Waals surface area contributed by atoms with Crippen molar-refractivity contribution in [2.45, 2.75) is 20.3 Å². The molecule has 1 aromatic carbocycles. The van der Waals surface area contributed by atoms with E-state index in [1.807, 2.05) is 19.9 Å². The van der Waals surface area contributed by atoms with Gasteiger partial charge >= 0.3 is 5.69 Å². The lowest BCUT2D eigenvalue weighted by Crippen LogP contribution is -2.17. The van der Waals surface area contributed by atoms with E-state index in [4.69, 9.17) is 0 Å². The summed E-state index contributed by atoms with van der Waals surface area (Å²) in [5, 5.41) is 4.93. The number of nitrogens with zero attached hydrogens (tertiary/aromatic N) is 2. The number of H-pyrrole nitrogens is 1. The first-order valence-corrected chi connectivity index (χ1v) is 5.81. The summed E-state index contributed by atoms with van der Waals surface area (Å²) in [6.45, 7) is 3.72. The Hall–Kier alpha value is -2.17. The van der Waals surface area contributed by atoms with Crippen molar-refractivity contribution in [3.63, 3.8) is 0 Å². The average Bonchev–Trinajstić information content (AvgIpc) is 2.71. The number of aromatic amines is 1. The number of fused-ring (bicyclic) bond motifs is 3. The van der Waals surface area contributed by atoms with Crippen LogP contribution < -0.4 is 5.69 Å². The van der Waals surface area contributed by atoms with E-state index in [1.54, 1.807) is 6.07 Å². The van der Waals surface area contributed by atoms with Crippen LogP contribution in [0.15, 0.2) is 23.0 Å². The van der Waals surface area contributed by atoms with E-state index in [1.165, 1.54) is 10.6 Å². The molecule has 92 valence electrons. The molecule has 0 saturated carbocycles. The Kier molecular flexibility index (Phi) is 2.23. The molecule has 1 N–H and O–H groups in total. The molecule has 0 aliphatic rings. The molecule has 18 heavy (non-hydrogen) atoms. The van der Waals surface area contributed by atoms with Crippen LogP contribution in [-0.4, -0.2) is 14.6 Å². The first kappa shape index (κ1) is 11.0. The monoisotopic (exact) mass is 245 g/mol. The third-order valence-electron chi connectivity index (χ3n) is 3.11. The molecule has 2 heterocycles. The Balaban J connectivity index is 2.55. The van der Waals surface area contributed by atoms with E-state index in [-0.39, 0.29) is 11.5 Å². The minimum Gasteiger partial charge on any atom is -0.305 e. The van der Waals surface area contributed by atoms with Crippen molar-refractivity contribution in [1.29, 1.82) is 0 Å². The largest absolute Gasteiger partial charge is 0.347 e. The Bertz CT molecular complexity index is 816. The highest BCUT2D eigenvalue weighted by Crippen LogP contribution is 2.21. The summed E-state index contributed by atoms with van der Waals surface area (Å²) >= 11 is 0. The first-order chi connectivity index (χ1) is 8.60. The van der Waals surface area contributed by atoms with Crippen LogP contribution in [0.4, 0.5) is 4.39 Å². The lowest BCUT2D eigenvalue weighted by molar-refractivity contribution is 0.614. The minimum absolute atomic E-state index is 0.291. The molecule has 0 bridgehead atoms. The van der Waals surface area contributed by atoms with Crippen LogP contribution in [0.5, 0.6) is 0 Å². The summed E-state index contributed by atoms with van der Waals surface area (Å²) in [5.74, 6) is -0.291. The zero-order valence-electron chi connectivity index (χ0n) is 10.1. The smallest absolute Gasteiger partial charge is 0.305 e. The fourth-order valence-electron chi connectivity index (χ4n) is 2.22. The number of halogens is 1. The standard InChI is InChI=1S/C13H12FN3O/c1-3-8-5-9-11(6-10(8)14)15-13(18)17-12(9)4-7(2)16-17/h4-6H,3H2,1-2H3,(H,15,18). The maximum Gasteiger partial charge on any atom is 0.347 e. The predicted molar refractivity (Wildman–Crippen MR) is 67.4 cm³/mol. The third-order valence-corrected chi connectivity index (χ3v) is 3.11. The second kappa shape index (κ2) is 3.66. The summed E-state index contributed by atoms with van der Waals surface area (Å²) in [4.78, 5) is 14.4. The number of benzene rings is 1. The van der Waals surface area contributed by atoms with E-state index < -0.39 is 0 Å². The van der Waals surface area contributed by atoms with Crippen LogP contribution in [0, 0.1) is 12.7 Å². The molecule has 0 aliphatic heterocycles. The summed E-state index contributed by atoms with van der Waals surface area (Å²) in [5.41, 5.74) is 2.25. The Labute approximate surface area is 102 Å². The summed E-state index contributed by atoms with van der Waals surface area (Å²) in [6.07, 6.45) is 0.611. The Morgan fingerprint density at radius 3 is 2.89 bits per heavy atom. The molecule has 3 aromatic rings. The van der Waals surface area contributed by atoms with Crippen molar-refractivity contribution in [3.05, 3.63) is 45.8 Å². The number of hydrogen-bond acceptors (Lipinski definition) is 2. The van der Waals surface area contributed by atoms with E-state index >= 15 is 0 Å². The Morgan fingerprint density at radius 1 is 1.39 bits per heavy atom. The van der Waals surface area contributed by atoms with Gasteiger partial charge in [0.1, 0.15) is 5.82 Å². The zero-order valence-corrected chi connectivity index (χ0v) is 10.1. The molecule has 0 unspecified atom stereocenters. The van der Waals surface area contributed by atoms with Crippen LogP contribution in [0.1, 0.15) is 18.2 Å². The predicted octanol–water partition coefficient (Wildman–Crippen LogP) is 2.19. The highest BCUT2D eigenvalue weighted by Gasteiger charge is 2.10. The lowest BCUT2D eigenvalue weighted by Gasteiger charge is -2.04. The summed E-state index contributed by atoms with van der Waals surface area (Å²) in [7, 11) is 0. The fourth-order valence-corrected chi connectivity index (χ4v) is 2.22. The SMILES string of the molecule is CCc1cc2c(cc1F)[nH]c(=O)n1nc(C)cc21. The van der Waals surface area contributed by atoms with Gasteiger partial charge in [-0.05, 0) is 37.1 Å². The molecule has 0 amide bonds. The molecule has 0 spiro atoms. The molecule has 5 heteroatoms. The van der Waals surface area contributed by atoms with E-state index in [0.29, 0.717) is 23.0 Å². The molecule has 0 atom stereocenters. The number of rotatable bonds is 1. The van der Waals surface area contributed by atoms with Gasteiger partial charge in [-0.25, -0.2) is 9.18 Å². The molecule has 0 radical (unpaired) electrons. The van der Waals surface area contributed by atoms with Crippen molar-refractivity contribution >= 4 is 16.4 Å². The van der Waals surface area contributed by atoms with Gasteiger partial charge in [0, 0.05) is 5.39 Å². The summed E-state index contributed by atoms with van der Waals surface area (Å²) in [6, 6.07) is 4.98. The van der Waals surface area contributed by atoms with E-state index in [9.17, 15) is 9.18 Å². The highest BCUT2D eigenvalue weighted by molar-refractivity contribution is 5.93. The van der Waals surface area contributed by atoms with Gasteiger partial charge < -0.3 is 4.98 Å². The van der Waals surface area contributed by atoms with Crippen LogP contribution in [0.2, 0.25) is 0 Å². The Morgan fingerprint density at radius 2 is 2.17 bits per heavy atom. The molecule has 4 nitrogen and oxygen atoms in total. The minimum atomic E-state index is -0.353. The van der Waals surface area contributed by atoms with Crippen molar-refractivity contribution in [3.8, 4) is 0 Å². The van der Waals surface area contributed by atoms with Crippen LogP contribution in [0.25, 0.3) is 16.4 Å². The van der Waals surface area contributed by atoms with Crippen molar-refractivity contribution in [1.82, 2.24) is 14.6 Å². The van der Waals surface area contributed by atoms with Crippen LogP contribution in [0.3, 0.4) is 0 Å². The molecular weight excluding hydrogens is 233 g/mol. The molecule has 3 rings (SSSR count).